The van der Waals surface area contributed by atoms with Crippen LogP contribution in [-0.4, -0.2) is 51.7 Å². The van der Waals surface area contributed by atoms with E-state index in [0.717, 1.165) is 5.57 Å². The van der Waals surface area contributed by atoms with Gasteiger partial charge in [0, 0.05) is 12.1 Å². The first kappa shape index (κ1) is 15.7. The Morgan fingerprint density at radius 1 is 1.39 bits per heavy atom. The summed E-state index contributed by atoms with van der Waals surface area (Å²) >= 11 is 6.19. The second-order valence-corrected chi connectivity index (χ2v) is 6.73. The van der Waals surface area contributed by atoms with Gasteiger partial charge in [0.1, 0.15) is 22.2 Å². The number of hydrazine groups is 1. The van der Waals surface area contributed by atoms with E-state index in [-0.39, 0.29) is 17.9 Å². The zero-order valence-electron chi connectivity index (χ0n) is 13.0. The molecule has 0 fully saturated rings. The summed E-state index contributed by atoms with van der Waals surface area (Å²) in [6, 6.07) is 0. The number of carbonyl (C=O) groups excluding carboxylic acids is 1. The second kappa shape index (κ2) is 5.16. The molecule has 3 heterocycles. The lowest BCUT2D eigenvalue weighted by molar-refractivity contribution is -0.132. The number of carboxylic acid groups (broad SMARTS) is 1. The number of carbonyl (C=O) groups is 2. The highest BCUT2D eigenvalue weighted by Gasteiger charge is 2.45. The van der Waals surface area contributed by atoms with Gasteiger partial charge >= 0.3 is 12.1 Å². The van der Waals surface area contributed by atoms with Gasteiger partial charge in [-0.25, -0.2) is 19.6 Å². The van der Waals surface area contributed by atoms with E-state index in [4.69, 9.17) is 16.3 Å². The largest absolute Gasteiger partial charge is 0.478 e. The molecule has 0 aromatic rings. The van der Waals surface area contributed by atoms with Gasteiger partial charge in [0.05, 0.1) is 6.54 Å². The minimum atomic E-state index is -1.13. The molecule has 3 aliphatic heterocycles. The average molecular weight is 341 g/mol. The molecular weight excluding hydrogens is 324 g/mol. The molecule has 23 heavy (non-hydrogen) atoms. The molecule has 1 amide bonds. The van der Waals surface area contributed by atoms with Crippen molar-refractivity contribution in [3.05, 3.63) is 22.1 Å². The summed E-state index contributed by atoms with van der Waals surface area (Å²) in [7, 11) is 0. The zero-order chi connectivity index (χ0) is 16.9. The van der Waals surface area contributed by atoms with Crippen LogP contribution in [0.3, 0.4) is 0 Å². The van der Waals surface area contributed by atoms with Crippen molar-refractivity contribution >= 4 is 29.5 Å². The SMILES string of the molecule is CC(C)(C)OC(=O)N1CC(C(=O)O)=C2NC(Cl)=C3CCN=C3N21. The molecule has 8 nitrogen and oxygen atoms in total. The van der Waals surface area contributed by atoms with Crippen molar-refractivity contribution in [1.82, 2.24) is 15.3 Å². The third-order valence-corrected chi connectivity index (χ3v) is 3.82. The van der Waals surface area contributed by atoms with Crippen molar-refractivity contribution in [2.24, 2.45) is 4.99 Å². The van der Waals surface area contributed by atoms with Crippen LogP contribution in [0, 0.1) is 0 Å². The standard InChI is InChI=1S/C14H17ClN4O4/c1-14(2,3)23-13(22)18-6-8(12(20)21)11-17-9(15)7-4-5-16-10(7)19(11)18/h17H,4-6H2,1-3H3,(H,20,21). The van der Waals surface area contributed by atoms with Crippen molar-refractivity contribution in [2.75, 3.05) is 13.1 Å². The van der Waals surface area contributed by atoms with Crippen LogP contribution >= 0.6 is 11.6 Å². The highest BCUT2D eigenvalue weighted by molar-refractivity contribution is 6.32. The number of rotatable bonds is 1. The van der Waals surface area contributed by atoms with Crippen LogP contribution in [0.4, 0.5) is 4.79 Å². The molecule has 3 aliphatic rings. The average Bonchev–Trinajstić information content (AvgIpc) is 2.99. The number of nitrogens with zero attached hydrogens (tertiary/aromatic N) is 3. The number of fused-ring (bicyclic) bond motifs is 3. The smallest absolute Gasteiger partial charge is 0.430 e. The fourth-order valence-corrected chi connectivity index (χ4v) is 2.85. The molecule has 0 spiro atoms. The number of amides is 1. The number of ether oxygens (including phenoxy) is 1. The maximum absolute atomic E-state index is 12.5. The van der Waals surface area contributed by atoms with E-state index in [9.17, 15) is 14.7 Å². The van der Waals surface area contributed by atoms with E-state index < -0.39 is 17.7 Å². The highest BCUT2D eigenvalue weighted by Crippen LogP contribution is 2.35. The van der Waals surface area contributed by atoms with E-state index in [0.29, 0.717) is 24.0 Å². The molecular formula is C14H17ClN4O4. The minimum absolute atomic E-state index is 0.0302. The molecule has 124 valence electrons. The lowest BCUT2D eigenvalue weighted by atomic mass is 10.2. The Morgan fingerprint density at radius 3 is 2.70 bits per heavy atom. The Hall–Kier alpha value is -2.22. The lowest BCUT2D eigenvalue weighted by Crippen LogP contribution is -2.51. The predicted octanol–water partition coefficient (Wildman–Crippen LogP) is 1.61. The Labute approximate surface area is 138 Å². The van der Waals surface area contributed by atoms with Gasteiger partial charge in [-0.05, 0) is 27.2 Å². The van der Waals surface area contributed by atoms with E-state index in [1.165, 1.54) is 10.0 Å². The summed E-state index contributed by atoms with van der Waals surface area (Å²) in [5.41, 5.74) is 0.0959. The summed E-state index contributed by atoms with van der Waals surface area (Å²) < 4.78 is 5.37. The lowest BCUT2D eigenvalue weighted by Gasteiger charge is -2.36. The fraction of sp³-hybridized carbons (Fsp3) is 0.500. The van der Waals surface area contributed by atoms with Crippen molar-refractivity contribution in [3.8, 4) is 0 Å². The molecule has 0 aromatic carbocycles. The van der Waals surface area contributed by atoms with Gasteiger partial charge in [-0.15, -0.1) is 0 Å². The Morgan fingerprint density at radius 2 is 2.09 bits per heavy atom. The Balaban J connectivity index is 2.01. The van der Waals surface area contributed by atoms with Crippen molar-refractivity contribution in [1.29, 1.82) is 0 Å². The van der Waals surface area contributed by atoms with Gasteiger partial charge in [0.25, 0.3) is 0 Å². The Kier molecular flexibility index (Phi) is 3.51. The number of halogens is 1. The van der Waals surface area contributed by atoms with Crippen molar-refractivity contribution in [3.63, 3.8) is 0 Å². The van der Waals surface area contributed by atoms with Crippen molar-refractivity contribution in [2.45, 2.75) is 32.8 Å². The third-order valence-electron chi connectivity index (χ3n) is 3.50. The summed E-state index contributed by atoms with van der Waals surface area (Å²) in [6.45, 7) is 5.66. The van der Waals surface area contributed by atoms with Crippen LogP contribution in [0.1, 0.15) is 27.2 Å². The third kappa shape index (κ3) is 2.63. The molecule has 0 atom stereocenters. The van der Waals surface area contributed by atoms with Gasteiger partial charge in [0.15, 0.2) is 5.84 Å². The molecule has 0 aliphatic carbocycles. The van der Waals surface area contributed by atoms with E-state index in [2.05, 4.69) is 10.3 Å². The second-order valence-electron chi connectivity index (χ2n) is 6.35. The normalized spacial score (nSPS) is 20.3. The summed E-state index contributed by atoms with van der Waals surface area (Å²) in [4.78, 5) is 28.3. The first-order valence-electron chi connectivity index (χ1n) is 7.16. The van der Waals surface area contributed by atoms with Gasteiger partial charge in [-0.2, -0.15) is 0 Å². The molecule has 0 radical (unpaired) electrons. The van der Waals surface area contributed by atoms with Gasteiger partial charge in [0.2, 0.25) is 0 Å². The van der Waals surface area contributed by atoms with Crippen LogP contribution in [0.15, 0.2) is 27.1 Å². The number of aliphatic carboxylic acids is 1. The highest BCUT2D eigenvalue weighted by atomic mass is 35.5. The zero-order valence-corrected chi connectivity index (χ0v) is 13.8. The van der Waals surface area contributed by atoms with Crippen LogP contribution < -0.4 is 5.32 Å². The number of hydrogen-bond acceptors (Lipinski definition) is 6. The minimum Gasteiger partial charge on any atom is -0.478 e. The fourth-order valence-electron chi connectivity index (χ4n) is 2.59. The molecule has 0 aromatic heterocycles. The molecule has 9 heteroatoms. The van der Waals surface area contributed by atoms with Crippen LogP contribution in [0.2, 0.25) is 0 Å². The number of hydrogen-bond donors (Lipinski definition) is 2. The first-order valence-corrected chi connectivity index (χ1v) is 7.54. The van der Waals surface area contributed by atoms with E-state index in [1.54, 1.807) is 20.8 Å². The molecule has 0 saturated carbocycles. The number of carboxylic acids is 1. The van der Waals surface area contributed by atoms with Gasteiger partial charge in [-0.1, -0.05) is 11.6 Å². The van der Waals surface area contributed by atoms with Gasteiger partial charge in [-0.3, -0.25) is 4.99 Å². The quantitative estimate of drug-likeness (QED) is 0.704. The molecule has 3 rings (SSSR count). The first-order chi connectivity index (χ1) is 10.7. The van der Waals surface area contributed by atoms with E-state index in [1.807, 2.05) is 0 Å². The number of amidine groups is 1. The number of aliphatic imine (C=N–C) groups is 1. The van der Waals surface area contributed by atoms with E-state index >= 15 is 0 Å². The molecule has 0 unspecified atom stereocenters. The predicted molar refractivity (Wildman–Crippen MR) is 82.4 cm³/mol. The van der Waals surface area contributed by atoms with Crippen LogP contribution in [0.5, 0.6) is 0 Å². The molecule has 2 N–H and O–H groups in total. The molecule has 0 saturated heterocycles. The van der Waals surface area contributed by atoms with Crippen LogP contribution in [0.25, 0.3) is 0 Å². The summed E-state index contributed by atoms with van der Waals surface area (Å²) in [6.07, 6.45) is -0.00443. The van der Waals surface area contributed by atoms with Gasteiger partial charge < -0.3 is 15.2 Å². The monoisotopic (exact) mass is 340 g/mol. The maximum Gasteiger partial charge on any atom is 0.430 e. The van der Waals surface area contributed by atoms with Crippen LogP contribution in [-0.2, 0) is 9.53 Å². The number of nitrogens with one attached hydrogen (secondary N) is 1. The van der Waals surface area contributed by atoms with Crippen molar-refractivity contribution < 1.29 is 19.4 Å². The molecule has 0 bridgehead atoms. The summed E-state index contributed by atoms with van der Waals surface area (Å²) in [5, 5.41) is 15.3. The topological polar surface area (TPSA) is 94.5 Å². The Bertz CT molecular complexity index is 689. The summed E-state index contributed by atoms with van der Waals surface area (Å²) in [5.74, 6) is -0.404. The maximum atomic E-state index is 12.5.